The summed E-state index contributed by atoms with van der Waals surface area (Å²) in [7, 11) is 0. The summed E-state index contributed by atoms with van der Waals surface area (Å²) in [6.45, 7) is 20.0. The van der Waals surface area contributed by atoms with Gasteiger partial charge in [0.15, 0.2) is 0 Å². The van der Waals surface area contributed by atoms with Crippen molar-refractivity contribution in [1.29, 1.82) is 0 Å². The molecule has 19 heavy (non-hydrogen) atoms. The Kier molecular flexibility index (Phi) is 3.10. The third-order valence-electron chi connectivity index (χ3n) is 3.20. The molecule has 0 saturated carbocycles. The molecule has 0 radical (unpaired) electrons. The van der Waals surface area contributed by atoms with Crippen molar-refractivity contribution in [2.24, 2.45) is 0 Å². The predicted molar refractivity (Wildman–Crippen MR) is 72.2 cm³/mol. The summed E-state index contributed by atoms with van der Waals surface area (Å²) in [5, 5.41) is 0. The molecule has 1 aliphatic heterocycles. The van der Waals surface area contributed by atoms with Gasteiger partial charge in [-0.2, -0.15) is 9.69 Å². The Morgan fingerprint density at radius 1 is 1.26 bits per heavy atom. The van der Waals surface area contributed by atoms with Crippen LogP contribution in [-0.4, -0.2) is 10.6 Å². The topological polar surface area (TPSA) is 30.8 Å². The first-order valence-electron chi connectivity index (χ1n) is 5.82. The van der Waals surface area contributed by atoms with Gasteiger partial charge in [0.1, 0.15) is 18.7 Å². The quantitative estimate of drug-likeness (QED) is 0.713. The van der Waals surface area contributed by atoms with Crippen LogP contribution in [-0.2, 0) is 4.74 Å². The van der Waals surface area contributed by atoms with E-state index in [0.29, 0.717) is 5.76 Å². The number of hydrogen-bond acceptors (Lipinski definition) is 2. The van der Waals surface area contributed by atoms with Crippen LogP contribution in [0.4, 0.5) is 0 Å². The number of hydrogen-bond donors (Lipinski definition) is 0. The highest BCUT2D eigenvalue weighted by Crippen LogP contribution is 2.44. The van der Waals surface area contributed by atoms with Gasteiger partial charge in [0, 0.05) is 11.8 Å². The normalized spacial score (nSPS) is 16.6. The number of nitrogens with zero attached hydrogens (tertiary/aromatic N) is 3. The molecule has 0 atom stereocenters. The van der Waals surface area contributed by atoms with Crippen LogP contribution in [0.25, 0.3) is 15.3 Å². The lowest BCUT2D eigenvalue weighted by Gasteiger charge is -2.19. The van der Waals surface area contributed by atoms with E-state index in [1.807, 2.05) is 39.0 Å². The zero-order valence-electron chi connectivity index (χ0n) is 11.1. The Balaban J connectivity index is 2.72. The summed E-state index contributed by atoms with van der Waals surface area (Å²) in [6, 6.07) is 5.56. The van der Waals surface area contributed by atoms with Crippen molar-refractivity contribution in [2.75, 3.05) is 0 Å². The molecule has 4 nitrogen and oxygen atoms in total. The average Bonchev–Trinajstić information content (AvgIpc) is 2.63. The molecule has 2 heterocycles. The molecular formula is C15H13N3O. The van der Waals surface area contributed by atoms with Crippen LogP contribution in [0.5, 0.6) is 0 Å². The van der Waals surface area contributed by atoms with Crippen molar-refractivity contribution in [3.8, 4) is 0 Å². The van der Waals surface area contributed by atoms with Crippen molar-refractivity contribution in [2.45, 2.75) is 26.4 Å². The maximum atomic E-state index is 7.10. The van der Waals surface area contributed by atoms with E-state index in [0.717, 1.165) is 16.8 Å². The molecule has 94 valence electrons. The molecule has 2 rings (SSSR count). The average molecular weight is 251 g/mol. The second-order valence-corrected chi connectivity index (χ2v) is 4.70. The highest BCUT2D eigenvalue weighted by Gasteiger charge is 2.40. The molecule has 0 fully saturated rings. The molecule has 0 aromatic carbocycles. The Bertz CT molecular complexity index is 639. The van der Waals surface area contributed by atoms with Crippen LogP contribution in [0.15, 0.2) is 41.5 Å². The summed E-state index contributed by atoms with van der Waals surface area (Å²) in [6.07, 6.45) is 1.69. The minimum Gasteiger partial charge on any atom is -0.486 e. The van der Waals surface area contributed by atoms with Crippen molar-refractivity contribution < 1.29 is 4.74 Å². The van der Waals surface area contributed by atoms with Crippen molar-refractivity contribution in [3.05, 3.63) is 70.1 Å². The molecule has 0 spiro atoms. The summed E-state index contributed by atoms with van der Waals surface area (Å²) < 4.78 is 5.81. The van der Waals surface area contributed by atoms with Gasteiger partial charge in [-0.1, -0.05) is 6.07 Å². The van der Waals surface area contributed by atoms with Gasteiger partial charge in [-0.25, -0.2) is 0 Å². The Hall–Kier alpha value is -2.59. The van der Waals surface area contributed by atoms with Crippen LogP contribution < -0.4 is 0 Å². The van der Waals surface area contributed by atoms with Crippen molar-refractivity contribution in [3.63, 3.8) is 0 Å². The Morgan fingerprint density at radius 2 is 1.95 bits per heavy atom. The molecule has 0 saturated heterocycles. The number of ether oxygens (including phenoxy) is 1. The standard InChI is InChI=1S/C15H13N3O/c1-10-12(11-8-6-7-9-18-11)13(14(16-4)17-5)19-15(10,2)3/h6-9H,1-3H3. The lowest BCUT2D eigenvalue weighted by molar-refractivity contribution is 0.0935. The molecule has 1 aromatic rings. The van der Waals surface area contributed by atoms with E-state index in [-0.39, 0.29) is 5.82 Å². The molecule has 4 heteroatoms. The van der Waals surface area contributed by atoms with Crippen LogP contribution in [0.3, 0.4) is 0 Å². The van der Waals surface area contributed by atoms with Crippen molar-refractivity contribution in [1.82, 2.24) is 4.98 Å². The van der Waals surface area contributed by atoms with Crippen LogP contribution in [0.1, 0.15) is 26.5 Å². The Morgan fingerprint density at radius 3 is 2.47 bits per heavy atom. The largest absolute Gasteiger partial charge is 0.562 e. The van der Waals surface area contributed by atoms with E-state index in [4.69, 9.17) is 17.9 Å². The van der Waals surface area contributed by atoms with Crippen LogP contribution in [0.2, 0.25) is 0 Å². The minimum absolute atomic E-state index is 0.0504. The van der Waals surface area contributed by atoms with E-state index < -0.39 is 5.60 Å². The van der Waals surface area contributed by atoms with E-state index in [1.54, 1.807) is 6.20 Å². The first-order valence-corrected chi connectivity index (χ1v) is 5.82. The third-order valence-corrected chi connectivity index (χ3v) is 3.20. The van der Waals surface area contributed by atoms with Gasteiger partial charge in [0.2, 0.25) is 5.76 Å². The lowest BCUT2D eigenvalue weighted by atomic mass is 9.95. The zero-order chi connectivity index (χ0) is 14.0. The highest BCUT2D eigenvalue weighted by atomic mass is 16.5. The maximum Gasteiger partial charge on any atom is 0.562 e. The van der Waals surface area contributed by atoms with E-state index in [2.05, 4.69) is 14.7 Å². The molecule has 0 bridgehead atoms. The van der Waals surface area contributed by atoms with Gasteiger partial charge >= 0.3 is 5.82 Å². The highest BCUT2D eigenvalue weighted by molar-refractivity contribution is 5.82. The minimum atomic E-state index is -0.525. The summed E-state index contributed by atoms with van der Waals surface area (Å²) in [5.41, 5.74) is 1.94. The maximum absolute atomic E-state index is 7.10. The first-order chi connectivity index (χ1) is 9.01. The van der Waals surface area contributed by atoms with Gasteiger partial charge in [-0.3, -0.25) is 4.98 Å². The lowest BCUT2D eigenvalue weighted by Crippen LogP contribution is -2.20. The fourth-order valence-corrected chi connectivity index (χ4v) is 1.96. The van der Waals surface area contributed by atoms with E-state index >= 15 is 0 Å². The number of allylic oxidation sites excluding steroid dienone is 1. The van der Waals surface area contributed by atoms with Crippen LogP contribution in [0, 0.1) is 13.1 Å². The predicted octanol–water partition coefficient (Wildman–Crippen LogP) is 3.67. The fraction of sp³-hybridized carbons (Fsp3) is 0.267. The monoisotopic (exact) mass is 251 g/mol. The molecular weight excluding hydrogens is 238 g/mol. The summed E-state index contributed by atoms with van der Waals surface area (Å²) in [4.78, 5) is 10.8. The molecule has 0 N–H and O–H groups in total. The smallest absolute Gasteiger partial charge is 0.486 e. The second kappa shape index (κ2) is 4.59. The van der Waals surface area contributed by atoms with E-state index in [1.165, 1.54) is 0 Å². The number of pyridine rings is 1. The van der Waals surface area contributed by atoms with Crippen LogP contribution >= 0.6 is 0 Å². The SMILES string of the molecule is [C-]#[N+]C([N+]#[C-])=C1OC(C)(C)C(C)=C1c1ccccn1. The Labute approximate surface area is 112 Å². The summed E-state index contributed by atoms with van der Waals surface area (Å²) in [5.74, 6) is 0.289. The van der Waals surface area contributed by atoms with Gasteiger partial charge in [-0.05, 0) is 38.5 Å². The third kappa shape index (κ3) is 2.09. The van der Waals surface area contributed by atoms with Gasteiger partial charge in [0.05, 0.1) is 5.69 Å². The number of aromatic nitrogens is 1. The molecule has 1 aliphatic rings. The fourth-order valence-electron chi connectivity index (χ4n) is 1.96. The van der Waals surface area contributed by atoms with Gasteiger partial charge in [0.25, 0.3) is 0 Å². The zero-order valence-corrected chi connectivity index (χ0v) is 11.1. The molecule has 1 aromatic heterocycles. The van der Waals surface area contributed by atoms with E-state index in [9.17, 15) is 0 Å². The number of rotatable bonds is 1. The van der Waals surface area contributed by atoms with Crippen molar-refractivity contribution >= 4 is 5.57 Å². The molecule has 0 unspecified atom stereocenters. The second-order valence-electron chi connectivity index (χ2n) is 4.70. The van der Waals surface area contributed by atoms with Gasteiger partial charge in [-0.15, -0.1) is 0 Å². The summed E-state index contributed by atoms with van der Waals surface area (Å²) >= 11 is 0. The molecule has 0 amide bonds. The first kappa shape index (κ1) is 12.9. The van der Waals surface area contributed by atoms with Gasteiger partial charge < -0.3 is 4.74 Å². The molecule has 0 aliphatic carbocycles.